The topological polar surface area (TPSA) is 117 Å². The number of ether oxygens (including phenoxy) is 2. The fraction of sp³-hybridized carbons (Fsp3) is 0.483. The average molecular weight is 528 g/mol. The summed E-state index contributed by atoms with van der Waals surface area (Å²) >= 11 is 0. The molecule has 0 fully saturated rings. The third-order valence-corrected chi connectivity index (χ3v) is 6.00. The van der Waals surface area contributed by atoms with Crippen LogP contribution in [0.5, 0.6) is 11.5 Å². The Morgan fingerprint density at radius 2 is 1.71 bits per heavy atom. The Balaban J connectivity index is 2.49. The molecule has 3 atom stereocenters. The first-order valence-corrected chi connectivity index (χ1v) is 12.9. The molecule has 0 saturated carbocycles. The lowest BCUT2D eigenvalue weighted by molar-refractivity contribution is -0.141. The molecule has 3 N–H and O–H groups in total. The number of carbonyl (C=O) groups excluding carboxylic acids is 3. The van der Waals surface area contributed by atoms with Crippen molar-refractivity contribution in [2.45, 2.75) is 72.1 Å². The van der Waals surface area contributed by atoms with Gasteiger partial charge in [-0.3, -0.25) is 9.59 Å². The summed E-state index contributed by atoms with van der Waals surface area (Å²) in [5.41, 5.74) is 0.228. The first-order valence-electron chi connectivity index (χ1n) is 12.9. The molecule has 0 spiro atoms. The maximum absolute atomic E-state index is 14.1. The minimum Gasteiger partial charge on any atom is -0.508 e. The lowest BCUT2D eigenvalue weighted by Crippen LogP contribution is -2.54. The minimum atomic E-state index is -1.07. The van der Waals surface area contributed by atoms with Gasteiger partial charge in [-0.25, -0.2) is 4.79 Å². The summed E-state index contributed by atoms with van der Waals surface area (Å²) in [6.07, 6.45) is 0.474. The molecule has 0 saturated heterocycles. The second kappa shape index (κ2) is 13.7. The fourth-order valence-corrected chi connectivity index (χ4v) is 3.96. The Hall–Kier alpha value is -3.75. The van der Waals surface area contributed by atoms with E-state index in [1.165, 1.54) is 17.0 Å². The van der Waals surface area contributed by atoms with Gasteiger partial charge in [-0.15, -0.1) is 0 Å². The summed E-state index contributed by atoms with van der Waals surface area (Å²) in [7, 11) is 1.55. The van der Waals surface area contributed by atoms with E-state index in [9.17, 15) is 19.5 Å². The highest BCUT2D eigenvalue weighted by molar-refractivity contribution is 5.99. The largest absolute Gasteiger partial charge is 0.508 e. The quantitative estimate of drug-likeness (QED) is 0.367. The van der Waals surface area contributed by atoms with Crippen molar-refractivity contribution in [3.05, 3.63) is 54.1 Å². The molecule has 0 aliphatic heterocycles. The summed E-state index contributed by atoms with van der Waals surface area (Å²) in [5.74, 6) is -0.490. The maximum Gasteiger partial charge on any atom is 0.408 e. The first kappa shape index (κ1) is 30.5. The van der Waals surface area contributed by atoms with Gasteiger partial charge in [0.1, 0.15) is 29.2 Å². The van der Waals surface area contributed by atoms with Crippen molar-refractivity contribution in [1.29, 1.82) is 0 Å². The number of alkyl carbamates (subject to hydrolysis) is 1. The van der Waals surface area contributed by atoms with Crippen molar-refractivity contribution in [1.82, 2.24) is 10.2 Å². The van der Waals surface area contributed by atoms with Crippen LogP contribution >= 0.6 is 0 Å². The molecular weight excluding hydrogens is 486 g/mol. The monoisotopic (exact) mass is 527 g/mol. The molecule has 0 aromatic heterocycles. The molecule has 3 amide bonds. The SMILES string of the molecule is CCCN(C(=O)C(NC(=O)OC(C)(C)C)C(C)CC)C(C(=O)Nc1ccc(OC)cc1)c1cccc(O)c1. The van der Waals surface area contributed by atoms with Crippen LogP contribution in [0.1, 0.15) is 66.0 Å². The summed E-state index contributed by atoms with van der Waals surface area (Å²) in [5, 5.41) is 15.8. The molecule has 208 valence electrons. The molecule has 3 unspecified atom stereocenters. The number of benzene rings is 2. The molecule has 2 aromatic carbocycles. The number of phenols is 1. The van der Waals surface area contributed by atoms with Crippen molar-refractivity contribution >= 4 is 23.6 Å². The second-order valence-corrected chi connectivity index (χ2v) is 10.3. The third-order valence-electron chi connectivity index (χ3n) is 6.00. The molecule has 38 heavy (non-hydrogen) atoms. The Labute approximate surface area is 225 Å². The number of nitrogens with zero attached hydrogens (tertiary/aromatic N) is 1. The number of anilines is 1. The molecule has 0 bridgehead atoms. The van der Waals surface area contributed by atoms with Crippen molar-refractivity contribution in [3.8, 4) is 11.5 Å². The highest BCUT2D eigenvalue weighted by atomic mass is 16.6. The minimum absolute atomic E-state index is 0.0287. The van der Waals surface area contributed by atoms with E-state index in [1.807, 2.05) is 20.8 Å². The molecule has 0 aliphatic rings. The fourth-order valence-electron chi connectivity index (χ4n) is 3.96. The molecular formula is C29H41N3O6. The van der Waals surface area contributed by atoms with Crippen molar-refractivity contribution in [2.75, 3.05) is 19.0 Å². The van der Waals surface area contributed by atoms with Gasteiger partial charge in [0.15, 0.2) is 0 Å². The van der Waals surface area contributed by atoms with E-state index >= 15 is 0 Å². The molecule has 9 nitrogen and oxygen atoms in total. The van der Waals surface area contributed by atoms with Crippen LogP contribution in [0.4, 0.5) is 10.5 Å². The van der Waals surface area contributed by atoms with E-state index < -0.39 is 35.6 Å². The predicted octanol–water partition coefficient (Wildman–Crippen LogP) is 5.26. The second-order valence-electron chi connectivity index (χ2n) is 10.3. The molecule has 0 radical (unpaired) electrons. The van der Waals surface area contributed by atoms with E-state index in [-0.39, 0.29) is 18.2 Å². The number of phenolic OH excluding ortho intramolecular Hbond substituents is 1. The van der Waals surface area contributed by atoms with Gasteiger partial charge < -0.3 is 30.1 Å². The van der Waals surface area contributed by atoms with Gasteiger partial charge in [0.2, 0.25) is 5.91 Å². The van der Waals surface area contributed by atoms with Crippen LogP contribution in [0.15, 0.2) is 48.5 Å². The van der Waals surface area contributed by atoms with Crippen LogP contribution in [0.2, 0.25) is 0 Å². The van der Waals surface area contributed by atoms with E-state index in [0.717, 1.165) is 0 Å². The Kier molecular flexibility index (Phi) is 11.0. The van der Waals surface area contributed by atoms with E-state index in [2.05, 4.69) is 10.6 Å². The highest BCUT2D eigenvalue weighted by Gasteiger charge is 2.38. The molecule has 2 rings (SSSR count). The summed E-state index contributed by atoms with van der Waals surface area (Å²) < 4.78 is 10.6. The van der Waals surface area contributed by atoms with Gasteiger partial charge in [0.25, 0.3) is 5.91 Å². The van der Waals surface area contributed by atoms with Crippen molar-refractivity contribution in [3.63, 3.8) is 0 Å². The van der Waals surface area contributed by atoms with E-state index in [4.69, 9.17) is 9.47 Å². The van der Waals surface area contributed by atoms with Crippen LogP contribution < -0.4 is 15.4 Å². The zero-order valence-electron chi connectivity index (χ0n) is 23.4. The van der Waals surface area contributed by atoms with Crippen molar-refractivity contribution in [2.24, 2.45) is 5.92 Å². The zero-order chi connectivity index (χ0) is 28.5. The Morgan fingerprint density at radius 1 is 1.05 bits per heavy atom. The van der Waals surface area contributed by atoms with Gasteiger partial charge in [-0.05, 0) is 75.1 Å². The Morgan fingerprint density at radius 3 is 2.24 bits per heavy atom. The third kappa shape index (κ3) is 8.68. The van der Waals surface area contributed by atoms with Crippen LogP contribution in [0, 0.1) is 5.92 Å². The number of aromatic hydroxyl groups is 1. The number of rotatable bonds is 11. The van der Waals surface area contributed by atoms with Gasteiger partial charge >= 0.3 is 6.09 Å². The van der Waals surface area contributed by atoms with Crippen LogP contribution in [0.25, 0.3) is 0 Å². The highest BCUT2D eigenvalue weighted by Crippen LogP contribution is 2.28. The van der Waals surface area contributed by atoms with E-state index in [0.29, 0.717) is 29.8 Å². The van der Waals surface area contributed by atoms with Crippen LogP contribution in [-0.4, -0.2) is 53.2 Å². The smallest absolute Gasteiger partial charge is 0.408 e. The van der Waals surface area contributed by atoms with Gasteiger partial charge in [0.05, 0.1) is 7.11 Å². The van der Waals surface area contributed by atoms with Gasteiger partial charge in [-0.1, -0.05) is 39.3 Å². The van der Waals surface area contributed by atoms with Gasteiger partial charge in [-0.2, -0.15) is 0 Å². The first-order chi connectivity index (χ1) is 17.9. The number of nitrogens with one attached hydrogen (secondary N) is 2. The number of hydrogen-bond acceptors (Lipinski definition) is 6. The molecule has 0 heterocycles. The summed E-state index contributed by atoms with van der Waals surface area (Å²) in [4.78, 5) is 41.9. The number of methoxy groups -OCH3 is 1. The van der Waals surface area contributed by atoms with Crippen LogP contribution in [0.3, 0.4) is 0 Å². The Bertz CT molecular complexity index is 1080. The molecule has 9 heteroatoms. The van der Waals surface area contributed by atoms with E-state index in [1.54, 1.807) is 64.3 Å². The summed E-state index contributed by atoms with van der Waals surface area (Å²) in [6, 6.07) is 11.1. The zero-order valence-corrected chi connectivity index (χ0v) is 23.4. The molecule has 2 aromatic rings. The average Bonchev–Trinajstić information content (AvgIpc) is 2.85. The van der Waals surface area contributed by atoms with Crippen LogP contribution in [-0.2, 0) is 14.3 Å². The van der Waals surface area contributed by atoms with Gasteiger partial charge in [0, 0.05) is 12.2 Å². The lowest BCUT2D eigenvalue weighted by atomic mass is 9.95. The molecule has 0 aliphatic carbocycles. The number of amides is 3. The normalized spacial score (nSPS) is 13.6. The maximum atomic E-state index is 14.1. The number of carbonyl (C=O) groups is 3. The predicted molar refractivity (Wildman–Crippen MR) is 147 cm³/mol. The lowest BCUT2D eigenvalue weighted by Gasteiger charge is -2.36. The van der Waals surface area contributed by atoms with Crippen molar-refractivity contribution < 1.29 is 29.0 Å². The number of hydrogen-bond donors (Lipinski definition) is 3. The standard InChI is InChI=1S/C29H41N3O6/c1-8-17-32(27(35)24(19(3)9-2)31-28(36)38-29(4,5)6)25(20-11-10-12-22(33)18-20)26(34)30-21-13-15-23(37-7)16-14-21/h10-16,18-19,24-25,33H,8-9,17H2,1-7H3,(H,30,34)(H,31,36). The summed E-state index contributed by atoms with van der Waals surface area (Å²) in [6.45, 7) is 11.2.